The Morgan fingerprint density at radius 3 is 2.11 bits per heavy atom. The third-order valence-corrected chi connectivity index (χ3v) is 6.02. The normalized spacial score (nSPS) is 11.2. The summed E-state index contributed by atoms with van der Waals surface area (Å²) in [6, 6.07) is 17.9. The molecule has 0 bridgehead atoms. The van der Waals surface area contributed by atoms with E-state index in [2.05, 4.69) is 69.3 Å². The van der Waals surface area contributed by atoms with Crippen LogP contribution in [-0.2, 0) is 0 Å². The summed E-state index contributed by atoms with van der Waals surface area (Å²) in [7, 11) is 0. The number of benzene rings is 2. The fourth-order valence-electron chi connectivity index (χ4n) is 1.51. The van der Waals surface area contributed by atoms with Crippen LogP contribution < -0.4 is 9.24 Å². The number of halogens is 4. The van der Waals surface area contributed by atoms with Crippen LogP contribution in [0.15, 0.2) is 59.1 Å². The predicted octanol–water partition coefficient (Wildman–Crippen LogP) is 6.08. The zero-order valence-corrected chi connectivity index (χ0v) is 16.0. The van der Waals surface area contributed by atoms with Crippen molar-refractivity contribution in [2.24, 2.45) is 0 Å². The van der Waals surface area contributed by atoms with Crippen LogP contribution in [-0.4, -0.2) is 3.48 Å². The van der Waals surface area contributed by atoms with Gasteiger partial charge < -0.3 is 5.32 Å². The Morgan fingerprint density at radius 1 is 0.895 bits per heavy atom. The number of para-hydroxylation sites is 2. The summed E-state index contributed by atoms with van der Waals surface area (Å²) < 4.78 is 2.22. The van der Waals surface area contributed by atoms with Gasteiger partial charge in [0.05, 0.1) is 21.8 Å². The molecule has 0 fully saturated rings. The van der Waals surface area contributed by atoms with Crippen molar-refractivity contribution in [3.63, 3.8) is 0 Å². The predicted molar refractivity (Wildman–Crippen MR) is 96.2 cm³/mol. The largest absolute Gasteiger partial charge is 0.344 e. The van der Waals surface area contributed by atoms with Crippen molar-refractivity contribution in [3.05, 3.63) is 59.1 Å². The standard InChI is InChI=1S/C13H10Br4N2/c14-11-8-4-5-9-12(11)19(17)13(15,16)18-10-6-2-1-3-7-10/h1-9,18H. The highest BCUT2D eigenvalue weighted by Crippen LogP contribution is 2.41. The van der Waals surface area contributed by atoms with Crippen LogP contribution in [0.3, 0.4) is 0 Å². The lowest BCUT2D eigenvalue weighted by atomic mass is 10.3. The number of rotatable bonds is 4. The summed E-state index contributed by atoms with van der Waals surface area (Å²) in [4.78, 5) is 0. The Kier molecular flexibility index (Phi) is 5.34. The Labute approximate surface area is 146 Å². The Bertz CT molecular complexity index is 545. The molecule has 2 nitrogen and oxygen atoms in total. The van der Waals surface area contributed by atoms with E-state index in [1.807, 2.05) is 58.5 Å². The minimum Gasteiger partial charge on any atom is -0.344 e. The molecule has 0 radical (unpaired) electrons. The molecule has 0 aliphatic carbocycles. The number of anilines is 2. The molecule has 0 saturated carbocycles. The van der Waals surface area contributed by atoms with Crippen LogP contribution in [0, 0.1) is 0 Å². The highest BCUT2D eigenvalue weighted by Gasteiger charge is 2.31. The SMILES string of the molecule is Brc1ccccc1N(Br)C(Br)(Br)Nc1ccccc1. The van der Waals surface area contributed by atoms with Gasteiger partial charge in [-0.2, -0.15) is 0 Å². The number of nitrogens with zero attached hydrogens (tertiary/aromatic N) is 1. The van der Waals surface area contributed by atoms with Gasteiger partial charge in [-0.25, -0.2) is 0 Å². The van der Waals surface area contributed by atoms with Crippen molar-refractivity contribution in [1.82, 2.24) is 0 Å². The molecule has 0 aromatic heterocycles. The maximum Gasteiger partial charge on any atom is 0.235 e. The van der Waals surface area contributed by atoms with E-state index in [1.54, 1.807) is 0 Å². The van der Waals surface area contributed by atoms with Crippen molar-refractivity contribution in [1.29, 1.82) is 0 Å². The lowest BCUT2D eigenvalue weighted by Crippen LogP contribution is -2.38. The van der Waals surface area contributed by atoms with Crippen LogP contribution in [0.5, 0.6) is 0 Å². The monoisotopic (exact) mass is 510 g/mol. The molecular formula is C13H10Br4N2. The summed E-state index contributed by atoms with van der Waals surface area (Å²) in [5.74, 6) is 0. The first-order valence-corrected chi connectivity index (χ1v) is 8.51. The zero-order chi connectivity index (χ0) is 13.9. The average Bonchev–Trinajstić information content (AvgIpc) is 2.39. The third kappa shape index (κ3) is 3.97. The second kappa shape index (κ2) is 6.61. The van der Waals surface area contributed by atoms with Gasteiger partial charge in [-0.05, 0) is 72.1 Å². The fraction of sp³-hybridized carbons (Fsp3) is 0.0769. The molecule has 6 heteroatoms. The summed E-state index contributed by atoms with van der Waals surface area (Å²) in [5.41, 5.74) is 1.98. The zero-order valence-electron chi connectivity index (χ0n) is 9.66. The second-order valence-corrected chi connectivity index (χ2v) is 8.69. The van der Waals surface area contributed by atoms with Crippen molar-refractivity contribution in [2.75, 3.05) is 9.24 Å². The molecule has 19 heavy (non-hydrogen) atoms. The van der Waals surface area contributed by atoms with E-state index < -0.39 is 3.48 Å². The molecule has 2 aromatic carbocycles. The third-order valence-electron chi connectivity index (χ3n) is 2.38. The van der Waals surface area contributed by atoms with E-state index in [0.717, 1.165) is 15.8 Å². The van der Waals surface area contributed by atoms with E-state index in [1.165, 1.54) is 0 Å². The fourth-order valence-corrected chi connectivity index (χ4v) is 3.44. The van der Waals surface area contributed by atoms with Gasteiger partial charge >= 0.3 is 0 Å². The minimum atomic E-state index is -0.648. The molecule has 0 atom stereocenters. The lowest BCUT2D eigenvalue weighted by Gasteiger charge is -2.33. The van der Waals surface area contributed by atoms with Crippen LogP contribution in [0.4, 0.5) is 11.4 Å². The quantitative estimate of drug-likeness (QED) is 0.231. The van der Waals surface area contributed by atoms with Gasteiger partial charge in [-0.15, -0.1) is 0 Å². The summed E-state index contributed by atoms with van der Waals surface area (Å²) in [6.07, 6.45) is 0. The first kappa shape index (κ1) is 15.4. The maximum absolute atomic E-state index is 3.62. The van der Waals surface area contributed by atoms with E-state index in [9.17, 15) is 0 Å². The van der Waals surface area contributed by atoms with E-state index in [0.29, 0.717) is 0 Å². The van der Waals surface area contributed by atoms with Gasteiger partial charge in [0.2, 0.25) is 3.48 Å². The van der Waals surface area contributed by atoms with Crippen molar-refractivity contribution >= 4 is 75.3 Å². The second-order valence-electron chi connectivity index (χ2n) is 3.76. The molecule has 2 aromatic rings. The van der Waals surface area contributed by atoms with Crippen molar-refractivity contribution < 1.29 is 0 Å². The number of hydrogen-bond donors (Lipinski definition) is 1. The minimum absolute atomic E-state index is 0.648. The number of alkyl halides is 2. The van der Waals surface area contributed by atoms with Gasteiger partial charge in [-0.3, -0.25) is 3.93 Å². The van der Waals surface area contributed by atoms with Gasteiger partial charge in [0.15, 0.2) is 0 Å². The smallest absolute Gasteiger partial charge is 0.235 e. The van der Waals surface area contributed by atoms with Crippen molar-refractivity contribution in [3.8, 4) is 0 Å². The van der Waals surface area contributed by atoms with E-state index >= 15 is 0 Å². The molecule has 0 aliphatic heterocycles. The molecule has 0 saturated heterocycles. The summed E-state index contributed by atoms with van der Waals surface area (Å²) in [5, 5.41) is 3.34. The van der Waals surface area contributed by atoms with Gasteiger partial charge in [0.1, 0.15) is 0 Å². The van der Waals surface area contributed by atoms with Crippen LogP contribution >= 0.6 is 63.9 Å². The molecule has 100 valence electrons. The maximum atomic E-state index is 3.62. The molecular weight excluding hydrogens is 504 g/mol. The molecule has 1 N–H and O–H groups in total. The molecule has 2 rings (SSSR count). The summed E-state index contributed by atoms with van der Waals surface area (Å²) in [6.45, 7) is 0. The van der Waals surface area contributed by atoms with Gasteiger partial charge in [0, 0.05) is 10.2 Å². The Hall–Kier alpha value is -0.0400. The molecule has 0 amide bonds. The lowest BCUT2D eigenvalue weighted by molar-refractivity contribution is 1.02. The Morgan fingerprint density at radius 2 is 1.47 bits per heavy atom. The van der Waals surface area contributed by atoms with E-state index in [4.69, 9.17) is 0 Å². The molecule has 0 spiro atoms. The van der Waals surface area contributed by atoms with E-state index in [-0.39, 0.29) is 0 Å². The highest BCUT2D eigenvalue weighted by atomic mass is 79.9. The number of hydrogen-bond acceptors (Lipinski definition) is 2. The average molecular weight is 514 g/mol. The highest BCUT2D eigenvalue weighted by molar-refractivity contribution is 9.26. The van der Waals surface area contributed by atoms with Crippen LogP contribution in [0.25, 0.3) is 0 Å². The topological polar surface area (TPSA) is 15.3 Å². The van der Waals surface area contributed by atoms with Gasteiger partial charge in [-0.1, -0.05) is 30.3 Å². The van der Waals surface area contributed by atoms with Crippen LogP contribution in [0.1, 0.15) is 0 Å². The number of nitrogens with one attached hydrogen (secondary N) is 1. The molecule has 0 aliphatic rings. The first-order valence-electron chi connectivity index (χ1n) is 5.42. The van der Waals surface area contributed by atoms with Crippen LogP contribution in [0.2, 0.25) is 0 Å². The molecule has 0 heterocycles. The molecule has 0 unspecified atom stereocenters. The first-order chi connectivity index (χ1) is 9.00. The Balaban J connectivity index is 2.22. The summed E-state index contributed by atoms with van der Waals surface area (Å²) >= 11 is 14.3. The van der Waals surface area contributed by atoms with Gasteiger partial charge in [0.25, 0.3) is 0 Å². The van der Waals surface area contributed by atoms with Crippen molar-refractivity contribution in [2.45, 2.75) is 3.48 Å².